The molecule has 0 heterocycles. The predicted molar refractivity (Wildman–Crippen MR) is 96.9 cm³/mol. The molecule has 0 aliphatic carbocycles. The molecule has 1 amide bonds. The van der Waals surface area contributed by atoms with Crippen LogP contribution in [0, 0.1) is 0 Å². The third kappa shape index (κ3) is 3.84. The summed E-state index contributed by atoms with van der Waals surface area (Å²) in [4.78, 5) is 11.2. The maximum absolute atomic E-state index is 11.2. The summed E-state index contributed by atoms with van der Waals surface area (Å²) in [6.07, 6.45) is 1.73. The Labute approximate surface area is 142 Å². The van der Waals surface area contributed by atoms with Crippen molar-refractivity contribution in [1.29, 1.82) is 0 Å². The van der Waals surface area contributed by atoms with Crippen LogP contribution >= 0.6 is 0 Å². The van der Waals surface area contributed by atoms with E-state index < -0.39 is 5.91 Å². The molecule has 0 spiro atoms. The Kier molecular flexibility index (Phi) is 5.77. The topological polar surface area (TPSA) is 60.8 Å². The monoisotopic (exact) mass is 325 g/mol. The minimum absolute atomic E-state index is 0.254. The van der Waals surface area contributed by atoms with Crippen LogP contribution in [0.4, 0.5) is 5.69 Å². The van der Waals surface area contributed by atoms with Crippen molar-refractivity contribution in [2.75, 3.05) is 5.06 Å². The van der Waals surface area contributed by atoms with E-state index in [4.69, 9.17) is 0 Å². The summed E-state index contributed by atoms with van der Waals surface area (Å²) in [6, 6.07) is 14.5. The number of carbonyl (C=O) groups excluding carboxylic acids is 1. The molecule has 0 aliphatic heterocycles. The van der Waals surface area contributed by atoms with E-state index >= 15 is 0 Å². The van der Waals surface area contributed by atoms with Gasteiger partial charge >= 0.3 is 0 Å². The lowest BCUT2D eigenvalue weighted by Gasteiger charge is -2.16. The number of benzene rings is 2. The summed E-state index contributed by atoms with van der Waals surface area (Å²) in [5, 5.41) is 19.8. The van der Waals surface area contributed by atoms with E-state index in [0.29, 0.717) is 10.8 Å². The van der Waals surface area contributed by atoms with E-state index in [1.54, 1.807) is 24.3 Å². The number of hydroxylamine groups is 1. The highest BCUT2D eigenvalue weighted by atomic mass is 16.5. The van der Waals surface area contributed by atoms with Gasteiger partial charge in [-0.2, -0.15) is 5.06 Å². The number of nitrogens with zero attached hydrogens (tertiary/aromatic N) is 1. The number of allylic oxidation sites excluding steroid dienone is 2. The molecule has 0 atom stereocenters. The number of hydrogen-bond acceptors (Lipinski definition) is 3. The van der Waals surface area contributed by atoms with Gasteiger partial charge in [0.25, 0.3) is 0 Å². The fourth-order valence-electron chi connectivity index (χ4n) is 2.83. The van der Waals surface area contributed by atoms with Crippen molar-refractivity contribution in [3.63, 3.8) is 0 Å². The van der Waals surface area contributed by atoms with Crippen molar-refractivity contribution >= 4 is 22.7 Å². The minimum atomic E-state index is -0.424. The summed E-state index contributed by atoms with van der Waals surface area (Å²) in [6.45, 7) is 5.52. The Morgan fingerprint density at radius 3 is 1.67 bits per heavy atom. The first-order valence-electron chi connectivity index (χ1n) is 8.09. The molecule has 2 aromatic carbocycles. The average molecular weight is 325 g/mol. The van der Waals surface area contributed by atoms with Gasteiger partial charge in [-0.1, -0.05) is 38.1 Å². The van der Waals surface area contributed by atoms with Crippen molar-refractivity contribution in [3.05, 3.63) is 59.7 Å². The normalized spacial score (nSPS) is 11.8. The van der Waals surface area contributed by atoms with Crippen molar-refractivity contribution in [1.82, 2.24) is 0 Å². The molecule has 4 heteroatoms. The molecule has 0 unspecified atom stereocenters. The van der Waals surface area contributed by atoms with Gasteiger partial charge in [0.1, 0.15) is 5.75 Å². The number of hydrogen-bond donors (Lipinski definition) is 2. The molecular formula is C20H23NO3. The van der Waals surface area contributed by atoms with Crippen molar-refractivity contribution < 1.29 is 15.1 Å². The predicted octanol–water partition coefficient (Wildman–Crippen LogP) is 4.87. The SMILES string of the molecule is CC/C(=C(\CC)c1ccc(N(O)C(C)=O)cc1)c1ccc(O)cc1. The van der Waals surface area contributed by atoms with E-state index in [0.717, 1.165) is 24.0 Å². The lowest BCUT2D eigenvalue weighted by atomic mass is 9.91. The zero-order valence-corrected chi connectivity index (χ0v) is 14.3. The van der Waals surface area contributed by atoms with Crippen LogP contribution in [-0.4, -0.2) is 16.2 Å². The van der Waals surface area contributed by atoms with Gasteiger partial charge in [0.05, 0.1) is 5.69 Å². The molecule has 0 aromatic heterocycles. The van der Waals surface area contributed by atoms with Crippen molar-refractivity contribution in [2.24, 2.45) is 0 Å². The Morgan fingerprint density at radius 2 is 1.29 bits per heavy atom. The third-order valence-electron chi connectivity index (χ3n) is 4.05. The molecule has 24 heavy (non-hydrogen) atoms. The Hall–Kier alpha value is -2.59. The van der Waals surface area contributed by atoms with Crippen LogP contribution in [0.3, 0.4) is 0 Å². The lowest BCUT2D eigenvalue weighted by Crippen LogP contribution is -2.23. The maximum atomic E-state index is 11.2. The van der Waals surface area contributed by atoms with Crippen LogP contribution in [0.15, 0.2) is 48.5 Å². The van der Waals surface area contributed by atoms with E-state index in [9.17, 15) is 15.1 Å². The van der Waals surface area contributed by atoms with Gasteiger partial charge in [0.2, 0.25) is 5.91 Å². The number of carbonyl (C=O) groups is 1. The number of anilines is 1. The zero-order valence-electron chi connectivity index (χ0n) is 14.3. The molecule has 4 nitrogen and oxygen atoms in total. The van der Waals surface area contributed by atoms with Gasteiger partial charge in [-0.05, 0) is 59.4 Å². The second-order valence-corrected chi connectivity index (χ2v) is 5.59. The zero-order chi connectivity index (χ0) is 17.7. The van der Waals surface area contributed by atoms with Gasteiger partial charge in [-0.15, -0.1) is 0 Å². The molecule has 0 saturated carbocycles. The molecule has 0 radical (unpaired) electrons. The van der Waals surface area contributed by atoms with Crippen molar-refractivity contribution in [2.45, 2.75) is 33.6 Å². The molecule has 126 valence electrons. The van der Waals surface area contributed by atoms with Crippen LogP contribution in [0.2, 0.25) is 0 Å². The van der Waals surface area contributed by atoms with Crippen LogP contribution in [0.25, 0.3) is 11.1 Å². The number of aromatic hydroxyl groups is 1. The highest BCUT2D eigenvalue weighted by molar-refractivity contribution is 5.92. The second kappa shape index (κ2) is 7.79. The minimum Gasteiger partial charge on any atom is -0.508 e. The number of phenolic OH excluding ortho intramolecular Hbond substituents is 1. The first kappa shape index (κ1) is 17.8. The molecule has 2 rings (SSSR count). The molecule has 0 aliphatic rings. The third-order valence-corrected chi connectivity index (χ3v) is 4.05. The lowest BCUT2D eigenvalue weighted by molar-refractivity contribution is -0.121. The molecule has 0 fully saturated rings. The van der Waals surface area contributed by atoms with Crippen LogP contribution in [0.5, 0.6) is 5.75 Å². The van der Waals surface area contributed by atoms with Crippen molar-refractivity contribution in [3.8, 4) is 5.75 Å². The van der Waals surface area contributed by atoms with Gasteiger partial charge in [0, 0.05) is 6.92 Å². The Balaban J connectivity index is 2.44. The number of rotatable bonds is 5. The quantitative estimate of drug-likeness (QED) is 0.468. The standard InChI is InChI=1S/C20H23NO3/c1-4-19(20(5-2)16-8-12-18(23)13-9-16)15-6-10-17(11-7-15)21(24)14(3)22/h6-13,23-24H,4-5H2,1-3H3/b20-19-. The summed E-state index contributed by atoms with van der Waals surface area (Å²) in [5.41, 5.74) is 5.02. The van der Waals surface area contributed by atoms with Gasteiger partial charge in [-0.25, -0.2) is 0 Å². The van der Waals surface area contributed by atoms with Crippen LogP contribution in [0.1, 0.15) is 44.7 Å². The van der Waals surface area contributed by atoms with Crippen LogP contribution < -0.4 is 5.06 Å². The van der Waals surface area contributed by atoms with Crippen LogP contribution in [-0.2, 0) is 4.79 Å². The van der Waals surface area contributed by atoms with E-state index in [1.165, 1.54) is 18.1 Å². The smallest absolute Gasteiger partial charge is 0.247 e. The summed E-state index contributed by atoms with van der Waals surface area (Å²) in [7, 11) is 0. The Morgan fingerprint density at radius 1 is 0.875 bits per heavy atom. The summed E-state index contributed by atoms with van der Waals surface area (Å²) in [5.74, 6) is -0.170. The Bertz CT molecular complexity index is 730. The highest BCUT2D eigenvalue weighted by Crippen LogP contribution is 2.32. The average Bonchev–Trinajstić information content (AvgIpc) is 2.60. The molecular weight excluding hydrogens is 302 g/mol. The van der Waals surface area contributed by atoms with Gasteiger partial charge < -0.3 is 5.11 Å². The van der Waals surface area contributed by atoms with E-state index in [2.05, 4.69) is 13.8 Å². The highest BCUT2D eigenvalue weighted by Gasteiger charge is 2.11. The fraction of sp³-hybridized carbons (Fsp3) is 0.250. The molecule has 0 saturated heterocycles. The fourth-order valence-corrected chi connectivity index (χ4v) is 2.83. The number of amides is 1. The summed E-state index contributed by atoms with van der Waals surface area (Å²) < 4.78 is 0. The largest absolute Gasteiger partial charge is 0.508 e. The first-order valence-corrected chi connectivity index (χ1v) is 8.09. The first-order chi connectivity index (χ1) is 11.5. The number of phenols is 1. The molecule has 0 bridgehead atoms. The van der Waals surface area contributed by atoms with E-state index in [-0.39, 0.29) is 5.75 Å². The van der Waals surface area contributed by atoms with Gasteiger partial charge in [-0.3, -0.25) is 10.0 Å². The second-order valence-electron chi connectivity index (χ2n) is 5.59. The van der Waals surface area contributed by atoms with Gasteiger partial charge in [0.15, 0.2) is 0 Å². The molecule has 2 N–H and O–H groups in total. The molecule has 2 aromatic rings. The summed E-state index contributed by atoms with van der Waals surface area (Å²) >= 11 is 0. The maximum Gasteiger partial charge on any atom is 0.247 e. The van der Waals surface area contributed by atoms with E-state index in [1.807, 2.05) is 24.3 Å².